The molecule has 2 rings (SSSR count). The Morgan fingerprint density at radius 1 is 1.29 bits per heavy atom. The molecule has 0 aromatic heterocycles. The summed E-state index contributed by atoms with van der Waals surface area (Å²) >= 11 is 5.98. The molecule has 0 aliphatic heterocycles. The number of carbonyl (C=O) groups is 1. The molecule has 6 heteroatoms. The van der Waals surface area contributed by atoms with Crippen LogP contribution < -0.4 is 5.32 Å². The van der Waals surface area contributed by atoms with Crippen LogP contribution in [-0.2, 0) is 6.18 Å². The van der Waals surface area contributed by atoms with Gasteiger partial charge in [-0.2, -0.15) is 13.2 Å². The molecule has 1 fully saturated rings. The zero-order valence-electron chi connectivity index (χ0n) is 11.5. The van der Waals surface area contributed by atoms with Gasteiger partial charge >= 0.3 is 6.18 Å². The van der Waals surface area contributed by atoms with Gasteiger partial charge in [-0.05, 0) is 31.0 Å². The molecule has 0 bridgehead atoms. The van der Waals surface area contributed by atoms with Gasteiger partial charge in [0, 0.05) is 23.4 Å². The van der Waals surface area contributed by atoms with Gasteiger partial charge in [0.05, 0.1) is 5.56 Å². The van der Waals surface area contributed by atoms with Gasteiger partial charge in [0.1, 0.15) is 0 Å². The van der Waals surface area contributed by atoms with Crippen LogP contribution in [-0.4, -0.2) is 18.3 Å². The van der Waals surface area contributed by atoms with Crippen LogP contribution >= 0.6 is 11.6 Å². The number of benzene rings is 1. The van der Waals surface area contributed by atoms with Crippen molar-refractivity contribution in [2.45, 2.75) is 31.9 Å². The number of hydrogen-bond acceptors (Lipinski definition) is 1. The molecule has 1 aromatic rings. The Labute approximate surface area is 126 Å². The molecule has 1 saturated carbocycles. The first-order valence-electron chi connectivity index (χ1n) is 6.88. The molecule has 1 aliphatic carbocycles. The monoisotopic (exact) mass is 319 g/mol. The van der Waals surface area contributed by atoms with Gasteiger partial charge in [-0.25, -0.2) is 0 Å². The zero-order valence-corrected chi connectivity index (χ0v) is 12.2. The third-order valence-electron chi connectivity index (χ3n) is 4.02. The highest BCUT2D eigenvalue weighted by atomic mass is 35.5. The van der Waals surface area contributed by atoms with E-state index in [1.807, 2.05) is 0 Å². The largest absolute Gasteiger partial charge is 0.416 e. The van der Waals surface area contributed by atoms with Crippen LogP contribution in [0.3, 0.4) is 0 Å². The number of nitrogens with one attached hydrogen (secondary N) is 1. The van der Waals surface area contributed by atoms with Crippen LogP contribution in [0.5, 0.6) is 0 Å². The van der Waals surface area contributed by atoms with E-state index in [1.54, 1.807) is 0 Å². The molecular weight excluding hydrogens is 303 g/mol. The summed E-state index contributed by atoms with van der Waals surface area (Å²) in [6.07, 6.45) is -0.407. The Bertz CT molecular complexity index is 510. The summed E-state index contributed by atoms with van der Waals surface area (Å²) in [6, 6.07) is 4.45. The van der Waals surface area contributed by atoms with Crippen LogP contribution in [0.25, 0.3) is 0 Å². The molecular formula is C15H17ClF3NO. The molecule has 2 nitrogen and oxygen atoms in total. The van der Waals surface area contributed by atoms with Crippen molar-refractivity contribution in [2.75, 3.05) is 12.4 Å². The van der Waals surface area contributed by atoms with Gasteiger partial charge in [-0.1, -0.05) is 18.9 Å². The van der Waals surface area contributed by atoms with Crippen molar-refractivity contribution >= 4 is 17.5 Å². The summed E-state index contributed by atoms with van der Waals surface area (Å²) in [5.74, 6) is -0.0342. The fourth-order valence-corrected chi connectivity index (χ4v) is 3.05. The fourth-order valence-electron chi connectivity index (χ4n) is 2.69. The first-order valence-corrected chi connectivity index (χ1v) is 7.41. The van der Waals surface area contributed by atoms with Crippen LogP contribution in [0.2, 0.25) is 0 Å². The summed E-state index contributed by atoms with van der Waals surface area (Å²) in [6.45, 7) is 0.408. The van der Waals surface area contributed by atoms with Crippen molar-refractivity contribution < 1.29 is 18.0 Å². The predicted octanol–water partition coefficient (Wildman–Crippen LogP) is 4.23. The smallest absolute Gasteiger partial charge is 0.351 e. The molecule has 1 aliphatic rings. The molecule has 116 valence electrons. The molecule has 0 radical (unpaired) electrons. The lowest BCUT2D eigenvalue weighted by Gasteiger charge is -2.26. The molecule has 1 aromatic carbocycles. The highest BCUT2D eigenvalue weighted by Crippen LogP contribution is 2.38. The van der Waals surface area contributed by atoms with E-state index in [4.69, 9.17) is 11.6 Å². The average molecular weight is 320 g/mol. The summed E-state index contributed by atoms with van der Waals surface area (Å²) in [5, 5.41) is 2.72. The molecule has 0 heterocycles. The minimum Gasteiger partial charge on any atom is -0.351 e. The van der Waals surface area contributed by atoms with Crippen molar-refractivity contribution in [3.05, 3.63) is 35.4 Å². The number of rotatable bonds is 4. The third-order valence-corrected chi connectivity index (χ3v) is 4.59. The van der Waals surface area contributed by atoms with Gasteiger partial charge in [-0.15, -0.1) is 11.6 Å². The second-order valence-electron chi connectivity index (χ2n) is 5.60. The average Bonchev–Trinajstić information content (AvgIpc) is 2.93. The normalized spacial score (nSPS) is 17.7. The Morgan fingerprint density at radius 3 is 2.52 bits per heavy atom. The predicted molar refractivity (Wildman–Crippen MR) is 75.4 cm³/mol. The summed E-state index contributed by atoms with van der Waals surface area (Å²) in [4.78, 5) is 12.0. The van der Waals surface area contributed by atoms with Crippen molar-refractivity contribution in [2.24, 2.45) is 5.41 Å². The van der Waals surface area contributed by atoms with Crippen molar-refractivity contribution in [1.29, 1.82) is 0 Å². The molecule has 0 atom stereocenters. The van der Waals surface area contributed by atoms with Crippen LogP contribution in [0.15, 0.2) is 24.3 Å². The molecule has 0 unspecified atom stereocenters. The first-order chi connectivity index (χ1) is 9.86. The first kappa shape index (κ1) is 16.1. The van der Waals surface area contributed by atoms with E-state index in [-0.39, 0.29) is 11.0 Å². The molecule has 1 amide bonds. The van der Waals surface area contributed by atoms with E-state index in [0.29, 0.717) is 12.4 Å². The van der Waals surface area contributed by atoms with E-state index in [9.17, 15) is 18.0 Å². The van der Waals surface area contributed by atoms with Gasteiger partial charge in [-0.3, -0.25) is 4.79 Å². The van der Waals surface area contributed by atoms with Gasteiger partial charge < -0.3 is 5.32 Å². The van der Waals surface area contributed by atoms with E-state index in [0.717, 1.165) is 37.8 Å². The van der Waals surface area contributed by atoms with E-state index in [1.165, 1.54) is 12.1 Å². The minimum atomic E-state index is -4.45. The van der Waals surface area contributed by atoms with Crippen molar-refractivity contribution in [1.82, 2.24) is 5.32 Å². The van der Waals surface area contributed by atoms with Gasteiger partial charge in [0.2, 0.25) is 0 Å². The lowest BCUT2D eigenvalue weighted by atomic mass is 9.88. The van der Waals surface area contributed by atoms with E-state index < -0.39 is 17.6 Å². The number of halogens is 4. The number of carbonyl (C=O) groups excluding carboxylic acids is 1. The topological polar surface area (TPSA) is 29.1 Å². The van der Waals surface area contributed by atoms with Crippen molar-refractivity contribution in [3.8, 4) is 0 Å². The fraction of sp³-hybridized carbons (Fsp3) is 0.533. The summed E-state index contributed by atoms with van der Waals surface area (Å²) in [7, 11) is 0. The highest BCUT2D eigenvalue weighted by molar-refractivity contribution is 6.18. The Kier molecular flexibility index (Phi) is 4.81. The Balaban J connectivity index is 2.04. The standard InChI is InChI=1S/C15H17ClF3NO/c16-9-14(6-1-2-7-14)10-20-13(21)11-4-3-5-12(8-11)15(17,18)19/h3-5,8H,1-2,6-7,9-10H2,(H,20,21). The maximum Gasteiger partial charge on any atom is 0.416 e. The SMILES string of the molecule is O=C(NCC1(CCl)CCCC1)c1cccc(C(F)(F)F)c1. The molecule has 0 spiro atoms. The van der Waals surface area contributed by atoms with Crippen LogP contribution in [0.1, 0.15) is 41.6 Å². The molecule has 0 saturated heterocycles. The second kappa shape index (κ2) is 6.26. The summed E-state index contributed by atoms with van der Waals surface area (Å²) < 4.78 is 37.9. The maximum atomic E-state index is 12.6. The third kappa shape index (κ3) is 3.90. The maximum absolute atomic E-state index is 12.6. The number of hydrogen-bond donors (Lipinski definition) is 1. The Hall–Kier alpha value is -1.23. The van der Waals surface area contributed by atoms with Gasteiger partial charge in [0.25, 0.3) is 5.91 Å². The lowest BCUT2D eigenvalue weighted by molar-refractivity contribution is -0.137. The second-order valence-corrected chi connectivity index (χ2v) is 5.87. The van der Waals surface area contributed by atoms with E-state index in [2.05, 4.69) is 5.32 Å². The zero-order chi connectivity index (χ0) is 15.5. The van der Waals surface area contributed by atoms with Crippen LogP contribution in [0, 0.1) is 5.41 Å². The summed E-state index contributed by atoms with van der Waals surface area (Å²) in [5.41, 5.74) is -0.908. The Morgan fingerprint density at radius 2 is 1.95 bits per heavy atom. The van der Waals surface area contributed by atoms with Gasteiger partial charge in [0.15, 0.2) is 0 Å². The molecule has 1 N–H and O–H groups in total. The highest BCUT2D eigenvalue weighted by Gasteiger charge is 2.34. The minimum absolute atomic E-state index is 0.0209. The quantitative estimate of drug-likeness (QED) is 0.827. The van der Waals surface area contributed by atoms with Crippen molar-refractivity contribution in [3.63, 3.8) is 0 Å². The van der Waals surface area contributed by atoms with E-state index >= 15 is 0 Å². The van der Waals surface area contributed by atoms with Crippen LogP contribution in [0.4, 0.5) is 13.2 Å². The number of amides is 1. The molecule has 21 heavy (non-hydrogen) atoms. The lowest BCUT2D eigenvalue weighted by Crippen LogP contribution is -2.37. The number of alkyl halides is 4.